The summed E-state index contributed by atoms with van der Waals surface area (Å²) >= 11 is 0. The molecule has 1 aliphatic heterocycles. The van der Waals surface area contributed by atoms with Gasteiger partial charge in [0.15, 0.2) is 0 Å². The fourth-order valence-corrected chi connectivity index (χ4v) is 3.39. The van der Waals surface area contributed by atoms with Gasteiger partial charge < -0.3 is 5.11 Å². The highest BCUT2D eigenvalue weighted by Crippen LogP contribution is 2.37. The second-order valence-corrected chi connectivity index (χ2v) is 6.38. The standard InChI is InChI=1S/C23H21N3O/c27-16-15-26-17-20(21-13-7-8-14-24-21)22(18-9-3-1-4-10-18)23(25-26)19-11-5-2-6-12-19/h1-14,17,22,27H,15-16H2. The summed E-state index contributed by atoms with van der Waals surface area (Å²) in [5.74, 6) is -0.0292. The van der Waals surface area contributed by atoms with E-state index in [2.05, 4.69) is 29.2 Å². The number of hydrogen-bond acceptors (Lipinski definition) is 4. The highest BCUT2D eigenvalue weighted by Gasteiger charge is 2.30. The number of allylic oxidation sites excluding steroid dienone is 1. The second-order valence-electron chi connectivity index (χ2n) is 6.38. The third-order valence-corrected chi connectivity index (χ3v) is 4.60. The van der Waals surface area contributed by atoms with E-state index in [1.165, 1.54) is 5.56 Å². The molecule has 0 radical (unpaired) electrons. The molecule has 0 spiro atoms. The molecule has 1 aliphatic rings. The number of aliphatic hydroxyl groups is 1. The average Bonchev–Trinajstić information content (AvgIpc) is 2.75. The van der Waals surface area contributed by atoms with Gasteiger partial charge in [-0.2, -0.15) is 5.10 Å². The fraction of sp³-hybridized carbons (Fsp3) is 0.130. The fourth-order valence-electron chi connectivity index (χ4n) is 3.39. The van der Waals surface area contributed by atoms with Gasteiger partial charge in [0.05, 0.1) is 30.5 Å². The molecule has 4 rings (SSSR count). The van der Waals surface area contributed by atoms with Crippen molar-refractivity contribution < 1.29 is 5.11 Å². The molecule has 1 atom stereocenters. The van der Waals surface area contributed by atoms with Crippen LogP contribution in [0.1, 0.15) is 22.7 Å². The normalized spacial score (nSPS) is 16.6. The zero-order valence-corrected chi connectivity index (χ0v) is 14.9. The quantitative estimate of drug-likeness (QED) is 0.755. The molecule has 1 N–H and O–H groups in total. The Bertz CT molecular complexity index is 880. The number of β-amino-alcohol motifs (C(OH)–C–C–N with tert-alkyl or cyclic N) is 1. The number of pyridine rings is 1. The molecule has 0 bridgehead atoms. The number of aliphatic hydroxyl groups excluding tert-OH is 1. The maximum Gasteiger partial charge on any atom is 0.0801 e. The summed E-state index contributed by atoms with van der Waals surface area (Å²) in [6.07, 6.45) is 3.81. The van der Waals surface area contributed by atoms with Crippen LogP contribution in [0.25, 0.3) is 5.57 Å². The Morgan fingerprint density at radius 2 is 1.56 bits per heavy atom. The zero-order valence-electron chi connectivity index (χ0n) is 14.9. The molecule has 27 heavy (non-hydrogen) atoms. The van der Waals surface area contributed by atoms with Gasteiger partial charge >= 0.3 is 0 Å². The molecule has 1 unspecified atom stereocenters. The zero-order chi connectivity index (χ0) is 18.5. The molecular weight excluding hydrogens is 334 g/mol. The largest absolute Gasteiger partial charge is 0.394 e. The van der Waals surface area contributed by atoms with Crippen LogP contribution in [0.4, 0.5) is 0 Å². The molecule has 1 aromatic heterocycles. The first-order chi connectivity index (χ1) is 13.4. The topological polar surface area (TPSA) is 48.7 Å². The summed E-state index contributed by atoms with van der Waals surface area (Å²) < 4.78 is 0. The molecule has 134 valence electrons. The van der Waals surface area contributed by atoms with Crippen molar-refractivity contribution in [2.75, 3.05) is 13.2 Å². The number of rotatable bonds is 5. The van der Waals surface area contributed by atoms with Crippen LogP contribution in [0, 0.1) is 0 Å². The Hall–Kier alpha value is -3.24. The summed E-state index contributed by atoms with van der Waals surface area (Å²) in [7, 11) is 0. The van der Waals surface area contributed by atoms with Crippen molar-refractivity contribution in [2.24, 2.45) is 5.10 Å². The van der Waals surface area contributed by atoms with Gasteiger partial charge in [-0.15, -0.1) is 0 Å². The van der Waals surface area contributed by atoms with Crippen LogP contribution in [0.15, 0.2) is 96.4 Å². The van der Waals surface area contributed by atoms with Crippen molar-refractivity contribution in [1.29, 1.82) is 0 Å². The Morgan fingerprint density at radius 3 is 2.22 bits per heavy atom. The molecule has 2 aromatic carbocycles. The van der Waals surface area contributed by atoms with Gasteiger partial charge in [-0.25, -0.2) is 0 Å². The Morgan fingerprint density at radius 1 is 0.852 bits per heavy atom. The molecule has 0 amide bonds. The first-order valence-electron chi connectivity index (χ1n) is 9.06. The van der Waals surface area contributed by atoms with E-state index in [1.807, 2.05) is 72.0 Å². The van der Waals surface area contributed by atoms with Crippen LogP contribution in [0.3, 0.4) is 0 Å². The number of benzene rings is 2. The summed E-state index contributed by atoms with van der Waals surface area (Å²) in [4.78, 5) is 4.59. The monoisotopic (exact) mass is 355 g/mol. The Labute approximate surface area is 159 Å². The highest BCUT2D eigenvalue weighted by molar-refractivity contribution is 6.12. The maximum absolute atomic E-state index is 9.46. The Kier molecular flexibility index (Phi) is 5.08. The lowest BCUT2D eigenvalue weighted by Gasteiger charge is -2.31. The number of nitrogens with zero attached hydrogens (tertiary/aromatic N) is 3. The summed E-state index contributed by atoms with van der Waals surface area (Å²) in [6.45, 7) is 0.474. The number of hydrazone groups is 1. The van der Waals surface area contributed by atoms with E-state index in [-0.39, 0.29) is 12.5 Å². The van der Waals surface area contributed by atoms with E-state index in [9.17, 15) is 5.11 Å². The average molecular weight is 355 g/mol. The van der Waals surface area contributed by atoms with Crippen molar-refractivity contribution in [3.05, 3.63) is 108 Å². The smallest absolute Gasteiger partial charge is 0.0801 e. The summed E-state index contributed by atoms with van der Waals surface area (Å²) in [6, 6.07) is 26.5. The van der Waals surface area contributed by atoms with Gasteiger partial charge in [-0.05, 0) is 23.3 Å². The lowest BCUT2D eigenvalue weighted by Crippen LogP contribution is -2.28. The third-order valence-electron chi connectivity index (χ3n) is 4.60. The molecule has 4 heteroatoms. The van der Waals surface area contributed by atoms with E-state index in [0.717, 1.165) is 22.5 Å². The lowest BCUT2D eigenvalue weighted by atomic mass is 9.82. The van der Waals surface area contributed by atoms with Crippen LogP contribution in [0.2, 0.25) is 0 Å². The molecule has 0 aliphatic carbocycles. The van der Waals surface area contributed by atoms with Crippen molar-refractivity contribution >= 4 is 11.3 Å². The first kappa shape index (κ1) is 17.2. The molecule has 2 heterocycles. The lowest BCUT2D eigenvalue weighted by molar-refractivity contribution is 0.240. The SMILES string of the molecule is OCCN1C=C(c2ccccn2)C(c2ccccc2)C(c2ccccc2)=N1. The number of aromatic nitrogens is 1. The minimum Gasteiger partial charge on any atom is -0.394 e. The summed E-state index contributed by atoms with van der Waals surface area (Å²) in [5.41, 5.74) is 5.18. The first-order valence-corrected chi connectivity index (χ1v) is 9.06. The van der Waals surface area contributed by atoms with Gasteiger partial charge in [-0.1, -0.05) is 66.7 Å². The van der Waals surface area contributed by atoms with E-state index in [4.69, 9.17) is 5.10 Å². The molecule has 0 fully saturated rings. The van der Waals surface area contributed by atoms with Crippen molar-refractivity contribution in [2.45, 2.75) is 5.92 Å². The van der Waals surface area contributed by atoms with Crippen molar-refractivity contribution in [3.8, 4) is 0 Å². The van der Waals surface area contributed by atoms with E-state index >= 15 is 0 Å². The number of hydrogen-bond donors (Lipinski definition) is 1. The molecule has 0 saturated heterocycles. The van der Waals surface area contributed by atoms with Crippen LogP contribution in [-0.4, -0.2) is 34.0 Å². The van der Waals surface area contributed by atoms with Gasteiger partial charge in [-0.3, -0.25) is 9.99 Å². The van der Waals surface area contributed by atoms with E-state index in [1.54, 1.807) is 0 Å². The third kappa shape index (κ3) is 3.66. The molecule has 4 nitrogen and oxygen atoms in total. The maximum atomic E-state index is 9.46. The van der Waals surface area contributed by atoms with Crippen LogP contribution >= 0.6 is 0 Å². The molecule has 3 aromatic rings. The minimum atomic E-state index is -0.0292. The van der Waals surface area contributed by atoms with Gasteiger partial charge in [0.25, 0.3) is 0 Å². The summed E-state index contributed by atoms with van der Waals surface area (Å²) in [5, 5.41) is 16.1. The minimum absolute atomic E-state index is 0.0292. The highest BCUT2D eigenvalue weighted by atomic mass is 16.3. The van der Waals surface area contributed by atoms with Crippen LogP contribution in [-0.2, 0) is 0 Å². The predicted octanol–water partition coefficient (Wildman–Crippen LogP) is 3.92. The Balaban J connectivity index is 1.89. The van der Waals surface area contributed by atoms with Crippen molar-refractivity contribution in [3.63, 3.8) is 0 Å². The van der Waals surface area contributed by atoms with Gasteiger partial charge in [0.2, 0.25) is 0 Å². The van der Waals surface area contributed by atoms with Gasteiger partial charge in [0, 0.05) is 18.0 Å². The van der Waals surface area contributed by atoms with E-state index < -0.39 is 0 Å². The van der Waals surface area contributed by atoms with Crippen LogP contribution < -0.4 is 0 Å². The molecular formula is C23H21N3O. The van der Waals surface area contributed by atoms with Crippen LogP contribution in [0.5, 0.6) is 0 Å². The predicted molar refractivity (Wildman–Crippen MR) is 108 cm³/mol. The van der Waals surface area contributed by atoms with E-state index in [0.29, 0.717) is 6.54 Å². The molecule has 0 saturated carbocycles. The van der Waals surface area contributed by atoms with Gasteiger partial charge in [0.1, 0.15) is 0 Å². The second kappa shape index (κ2) is 7.98. The van der Waals surface area contributed by atoms with Crippen molar-refractivity contribution in [1.82, 2.24) is 9.99 Å².